The maximum atomic E-state index is 13.5. The third-order valence-corrected chi connectivity index (χ3v) is 4.29. The van der Waals surface area contributed by atoms with Gasteiger partial charge in [-0.2, -0.15) is 5.26 Å². The molecule has 0 fully saturated rings. The van der Waals surface area contributed by atoms with Gasteiger partial charge in [0.05, 0.1) is 33.1 Å². The summed E-state index contributed by atoms with van der Waals surface area (Å²) >= 11 is 0. The van der Waals surface area contributed by atoms with Crippen LogP contribution in [0.1, 0.15) is 16.7 Å². The molecule has 0 radical (unpaired) electrons. The van der Waals surface area contributed by atoms with Crippen molar-refractivity contribution in [2.45, 2.75) is 17.6 Å². The predicted molar refractivity (Wildman–Crippen MR) is 72.4 cm³/mol. The van der Waals surface area contributed by atoms with Crippen LogP contribution in [0, 0.1) is 29.9 Å². The standard InChI is InChI=1S/C15H11F2NOS/c1-10-6-11(8-18)2-3-12(10)9-20(19)15-5-4-13(16)7-14(15)17/h2-7H,9H2,1H3. The molecule has 1 atom stereocenters. The molecule has 1 unspecified atom stereocenters. The van der Waals surface area contributed by atoms with Crippen molar-refractivity contribution in [2.75, 3.05) is 0 Å². The van der Waals surface area contributed by atoms with Gasteiger partial charge in [-0.25, -0.2) is 8.78 Å². The first-order valence-electron chi connectivity index (χ1n) is 5.84. The minimum absolute atomic E-state index is 0.0184. The van der Waals surface area contributed by atoms with Crippen molar-refractivity contribution in [3.05, 3.63) is 64.7 Å². The molecule has 0 aromatic heterocycles. The van der Waals surface area contributed by atoms with Crippen molar-refractivity contribution < 1.29 is 13.0 Å². The molecule has 0 aliphatic carbocycles. The van der Waals surface area contributed by atoms with Crippen LogP contribution in [0.2, 0.25) is 0 Å². The second kappa shape index (κ2) is 5.93. The number of benzene rings is 2. The molecule has 0 spiro atoms. The lowest BCUT2D eigenvalue weighted by Crippen LogP contribution is -2.01. The van der Waals surface area contributed by atoms with Gasteiger partial charge in [0.1, 0.15) is 11.6 Å². The summed E-state index contributed by atoms with van der Waals surface area (Å²) in [6, 6.07) is 10.0. The first-order chi connectivity index (χ1) is 9.51. The van der Waals surface area contributed by atoms with Crippen LogP contribution in [0.25, 0.3) is 0 Å². The Balaban J connectivity index is 2.26. The molecule has 2 aromatic carbocycles. The smallest absolute Gasteiger partial charge is 0.142 e. The number of rotatable bonds is 3. The Labute approximate surface area is 118 Å². The molecule has 0 bridgehead atoms. The van der Waals surface area contributed by atoms with Crippen LogP contribution in [-0.2, 0) is 16.6 Å². The SMILES string of the molecule is Cc1cc(C#N)ccc1CS(=O)c1ccc(F)cc1F. The van der Waals surface area contributed by atoms with Crippen LogP contribution in [0.15, 0.2) is 41.3 Å². The highest BCUT2D eigenvalue weighted by molar-refractivity contribution is 7.84. The van der Waals surface area contributed by atoms with Gasteiger partial charge in [0.2, 0.25) is 0 Å². The Morgan fingerprint density at radius 2 is 1.95 bits per heavy atom. The third kappa shape index (κ3) is 3.09. The summed E-state index contributed by atoms with van der Waals surface area (Å²) in [5, 5.41) is 8.78. The summed E-state index contributed by atoms with van der Waals surface area (Å²) in [6.45, 7) is 1.80. The average Bonchev–Trinajstić information content (AvgIpc) is 2.40. The Bertz CT molecular complexity index is 722. The molecule has 0 aliphatic heterocycles. The molecule has 0 N–H and O–H groups in total. The van der Waals surface area contributed by atoms with Crippen LogP contribution < -0.4 is 0 Å². The minimum Gasteiger partial charge on any atom is -0.254 e. The average molecular weight is 291 g/mol. The summed E-state index contributed by atoms with van der Waals surface area (Å²) in [6.07, 6.45) is 0. The van der Waals surface area contributed by atoms with Gasteiger partial charge in [0.15, 0.2) is 0 Å². The largest absolute Gasteiger partial charge is 0.254 e. The van der Waals surface area contributed by atoms with Crippen molar-refractivity contribution >= 4 is 10.8 Å². The Morgan fingerprint density at radius 3 is 2.55 bits per heavy atom. The van der Waals surface area contributed by atoms with Crippen molar-refractivity contribution in [3.8, 4) is 6.07 Å². The molecule has 5 heteroatoms. The van der Waals surface area contributed by atoms with Gasteiger partial charge >= 0.3 is 0 Å². The topological polar surface area (TPSA) is 40.9 Å². The Hall–Kier alpha value is -2.06. The van der Waals surface area contributed by atoms with Crippen LogP contribution in [0.4, 0.5) is 8.78 Å². The molecule has 2 nitrogen and oxygen atoms in total. The lowest BCUT2D eigenvalue weighted by Gasteiger charge is -2.07. The van der Waals surface area contributed by atoms with E-state index in [9.17, 15) is 13.0 Å². The summed E-state index contributed by atoms with van der Waals surface area (Å²) in [4.78, 5) is -0.0184. The van der Waals surface area contributed by atoms with E-state index < -0.39 is 22.4 Å². The number of halogens is 2. The zero-order chi connectivity index (χ0) is 14.7. The molecular weight excluding hydrogens is 280 g/mol. The molecule has 0 saturated carbocycles. The number of nitrogens with zero attached hydrogens (tertiary/aromatic N) is 1. The van der Waals surface area contributed by atoms with Gasteiger partial charge in [-0.05, 0) is 42.3 Å². The van der Waals surface area contributed by atoms with Crippen LogP contribution in [0.5, 0.6) is 0 Å². The van der Waals surface area contributed by atoms with Gasteiger partial charge in [-0.3, -0.25) is 4.21 Å². The maximum absolute atomic E-state index is 13.5. The van der Waals surface area contributed by atoms with E-state index in [4.69, 9.17) is 5.26 Å². The molecule has 2 rings (SSSR count). The molecular formula is C15H11F2NOS. The van der Waals surface area contributed by atoms with E-state index in [1.165, 1.54) is 6.07 Å². The van der Waals surface area contributed by atoms with E-state index >= 15 is 0 Å². The molecule has 0 aliphatic rings. The molecule has 2 aromatic rings. The van der Waals surface area contributed by atoms with Crippen molar-refractivity contribution in [2.24, 2.45) is 0 Å². The predicted octanol–water partition coefficient (Wildman–Crippen LogP) is 3.45. The van der Waals surface area contributed by atoms with Crippen LogP contribution in [-0.4, -0.2) is 4.21 Å². The van der Waals surface area contributed by atoms with E-state index in [-0.39, 0.29) is 10.6 Å². The third-order valence-electron chi connectivity index (χ3n) is 2.90. The van der Waals surface area contributed by atoms with Gasteiger partial charge in [-0.1, -0.05) is 6.07 Å². The Kier molecular flexibility index (Phi) is 4.26. The van der Waals surface area contributed by atoms with E-state index in [2.05, 4.69) is 0 Å². The monoisotopic (exact) mass is 291 g/mol. The first kappa shape index (κ1) is 14.4. The molecule has 20 heavy (non-hydrogen) atoms. The Morgan fingerprint density at radius 1 is 1.20 bits per heavy atom. The molecule has 102 valence electrons. The molecule has 0 amide bonds. The van der Waals surface area contributed by atoms with Gasteiger partial charge in [0.25, 0.3) is 0 Å². The summed E-state index contributed by atoms with van der Waals surface area (Å²) in [7, 11) is -1.60. The van der Waals surface area contributed by atoms with E-state index in [0.29, 0.717) is 5.56 Å². The number of aryl methyl sites for hydroxylation is 1. The highest BCUT2D eigenvalue weighted by Gasteiger charge is 2.13. The van der Waals surface area contributed by atoms with Crippen molar-refractivity contribution in [1.29, 1.82) is 5.26 Å². The zero-order valence-electron chi connectivity index (χ0n) is 10.7. The second-order valence-electron chi connectivity index (χ2n) is 4.32. The van der Waals surface area contributed by atoms with Crippen LogP contribution >= 0.6 is 0 Å². The fourth-order valence-electron chi connectivity index (χ4n) is 1.81. The fourth-order valence-corrected chi connectivity index (χ4v) is 3.06. The number of hydrogen-bond acceptors (Lipinski definition) is 2. The number of nitriles is 1. The lowest BCUT2D eigenvalue weighted by molar-refractivity contribution is 0.562. The summed E-state index contributed by atoms with van der Waals surface area (Å²) in [5.41, 5.74) is 2.11. The summed E-state index contributed by atoms with van der Waals surface area (Å²) in [5.74, 6) is -1.38. The van der Waals surface area contributed by atoms with Crippen LogP contribution in [0.3, 0.4) is 0 Å². The second-order valence-corrected chi connectivity index (χ2v) is 5.74. The number of hydrogen-bond donors (Lipinski definition) is 0. The molecule has 0 saturated heterocycles. The maximum Gasteiger partial charge on any atom is 0.142 e. The minimum atomic E-state index is -1.60. The normalized spacial score (nSPS) is 11.9. The zero-order valence-corrected chi connectivity index (χ0v) is 11.5. The van der Waals surface area contributed by atoms with E-state index in [1.807, 2.05) is 6.07 Å². The van der Waals surface area contributed by atoms with Gasteiger partial charge in [-0.15, -0.1) is 0 Å². The summed E-state index contributed by atoms with van der Waals surface area (Å²) < 4.78 is 38.5. The highest BCUT2D eigenvalue weighted by Crippen LogP contribution is 2.19. The molecule has 0 heterocycles. The lowest BCUT2D eigenvalue weighted by atomic mass is 10.1. The van der Waals surface area contributed by atoms with E-state index in [1.54, 1.807) is 25.1 Å². The fraction of sp³-hybridized carbons (Fsp3) is 0.133. The first-order valence-corrected chi connectivity index (χ1v) is 7.16. The van der Waals surface area contributed by atoms with Gasteiger partial charge in [0, 0.05) is 6.07 Å². The van der Waals surface area contributed by atoms with Crippen molar-refractivity contribution in [1.82, 2.24) is 0 Å². The quantitative estimate of drug-likeness (QED) is 0.869. The van der Waals surface area contributed by atoms with E-state index in [0.717, 1.165) is 23.3 Å². The van der Waals surface area contributed by atoms with Gasteiger partial charge < -0.3 is 0 Å². The van der Waals surface area contributed by atoms with Crippen molar-refractivity contribution in [3.63, 3.8) is 0 Å². The highest BCUT2D eigenvalue weighted by atomic mass is 32.2.